The van der Waals surface area contributed by atoms with Crippen molar-refractivity contribution >= 4 is 11.6 Å². The van der Waals surface area contributed by atoms with Crippen molar-refractivity contribution in [1.82, 2.24) is 24.5 Å². The Balaban J connectivity index is 1.42. The van der Waals surface area contributed by atoms with E-state index in [4.69, 9.17) is 0 Å². The molecular formula is C17H22N6O2. The third kappa shape index (κ3) is 3.09. The zero-order valence-electron chi connectivity index (χ0n) is 14.3. The minimum absolute atomic E-state index is 0.0418. The number of nitrogens with zero attached hydrogens (tertiary/aromatic N) is 6. The highest BCUT2D eigenvalue weighted by Crippen LogP contribution is 2.26. The maximum Gasteiger partial charge on any atom is 0.270 e. The molecule has 2 aliphatic heterocycles. The number of likely N-dealkylation sites (tertiary alicyclic amines) is 1. The van der Waals surface area contributed by atoms with Crippen molar-refractivity contribution in [2.45, 2.75) is 31.8 Å². The highest BCUT2D eigenvalue weighted by Gasteiger charge is 2.27. The quantitative estimate of drug-likeness (QED) is 0.811. The highest BCUT2D eigenvalue weighted by molar-refractivity contribution is 5.95. The summed E-state index contributed by atoms with van der Waals surface area (Å²) >= 11 is 0. The van der Waals surface area contributed by atoms with E-state index in [1.54, 1.807) is 25.5 Å². The maximum absolute atomic E-state index is 12.1. The number of hydrogen-bond donors (Lipinski definition) is 0. The molecule has 0 saturated carbocycles. The Kier molecular flexibility index (Phi) is 4.12. The zero-order chi connectivity index (χ0) is 17.4. The van der Waals surface area contributed by atoms with Crippen LogP contribution in [0.2, 0.25) is 0 Å². The largest absolute Gasteiger partial charge is 0.309 e. The van der Waals surface area contributed by atoms with Crippen LogP contribution in [0.5, 0.6) is 0 Å². The van der Waals surface area contributed by atoms with E-state index in [-0.39, 0.29) is 17.5 Å². The second-order valence-corrected chi connectivity index (χ2v) is 6.79. The molecule has 2 fully saturated rings. The summed E-state index contributed by atoms with van der Waals surface area (Å²) in [6.45, 7) is 3.19. The standard InChI is InChI=1S/C17H22N6O2/c1-20-17(25)13(4-6-18-20)10-21-8-5-14(11-21)23-12-15(9-19-23)22-7-2-3-16(22)24/h4,6,9,12,14H,2-3,5,7-8,10-11H2,1H3. The average Bonchev–Trinajstić information content (AvgIpc) is 3.31. The maximum atomic E-state index is 12.1. The summed E-state index contributed by atoms with van der Waals surface area (Å²) in [6.07, 6.45) is 7.95. The van der Waals surface area contributed by atoms with Crippen LogP contribution in [0.1, 0.15) is 30.9 Å². The van der Waals surface area contributed by atoms with Gasteiger partial charge in [-0.25, -0.2) is 4.68 Å². The van der Waals surface area contributed by atoms with Crippen LogP contribution in [-0.2, 0) is 18.4 Å². The molecule has 1 unspecified atom stereocenters. The van der Waals surface area contributed by atoms with Gasteiger partial charge in [-0.05, 0) is 18.9 Å². The molecule has 2 aliphatic rings. The van der Waals surface area contributed by atoms with Gasteiger partial charge in [0, 0.05) is 57.6 Å². The Morgan fingerprint density at radius 3 is 2.92 bits per heavy atom. The van der Waals surface area contributed by atoms with Gasteiger partial charge in [-0.3, -0.25) is 19.2 Å². The summed E-state index contributed by atoms with van der Waals surface area (Å²) in [5.74, 6) is 0.182. The first kappa shape index (κ1) is 16.0. The number of carbonyl (C=O) groups is 1. The number of rotatable bonds is 4. The molecule has 132 valence electrons. The molecule has 25 heavy (non-hydrogen) atoms. The fourth-order valence-corrected chi connectivity index (χ4v) is 3.68. The molecule has 0 aliphatic carbocycles. The molecule has 1 atom stereocenters. The molecule has 2 aromatic heterocycles. The van der Waals surface area contributed by atoms with Gasteiger partial charge in [-0.2, -0.15) is 10.2 Å². The number of anilines is 1. The number of aryl methyl sites for hydroxylation is 1. The smallest absolute Gasteiger partial charge is 0.270 e. The topological polar surface area (TPSA) is 76.3 Å². The molecule has 2 saturated heterocycles. The van der Waals surface area contributed by atoms with E-state index in [9.17, 15) is 9.59 Å². The minimum atomic E-state index is -0.0418. The molecule has 2 aromatic rings. The van der Waals surface area contributed by atoms with Crippen LogP contribution in [0.4, 0.5) is 5.69 Å². The van der Waals surface area contributed by atoms with Gasteiger partial charge in [0.25, 0.3) is 5.56 Å². The monoisotopic (exact) mass is 342 g/mol. The third-order valence-corrected chi connectivity index (χ3v) is 5.07. The summed E-state index contributed by atoms with van der Waals surface area (Å²) in [4.78, 5) is 28.1. The second kappa shape index (κ2) is 6.44. The molecule has 4 rings (SSSR count). The van der Waals surface area contributed by atoms with E-state index < -0.39 is 0 Å². The first-order valence-electron chi connectivity index (χ1n) is 8.70. The zero-order valence-corrected chi connectivity index (χ0v) is 14.3. The molecule has 0 bridgehead atoms. The molecular weight excluding hydrogens is 320 g/mol. The second-order valence-electron chi connectivity index (χ2n) is 6.79. The predicted molar refractivity (Wildman–Crippen MR) is 92.2 cm³/mol. The third-order valence-electron chi connectivity index (χ3n) is 5.07. The first-order chi connectivity index (χ1) is 12.1. The summed E-state index contributed by atoms with van der Waals surface area (Å²) in [6, 6.07) is 2.07. The Morgan fingerprint density at radius 2 is 2.12 bits per heavy atom. The van der Waals surface area contributed by atoms with Crippen molar-refractivity contribution in [3.8, 4) is 0 Å². The molecule has 8 heteroatoms. The molecule has 4 heterocycles. The summed E-state index contributed by atoms with van der Waals surface area (Å²) in [5.41, 5.74) is 1.62. The van der Waals surface area contributed by atoms with Gasteiger partial charge in [0.05, 0.1) is 17.9 Å². The fraction of sp³-hybridized carbons (Fsp3) is 0.529. The van der Waals surface area contributed by atoms with Gasteiger partial charge in [-0.15, -0.1) is 0 Å². The van der Waals surface area contributed by atoms with Gasteiger partial charge >= 0.3 is 0 Å². The van der Waals surface area contributed by atoms with E-state index in [1.165, 1.54) is 4.68 Å². The molecule has 0 N–H and O–H groups in total. The van der Waals surface area contributed by atoms with E-state index in [1.807, 2.05) is 15.8 Å². The SMILES string of the molecule is Cn1nccc(CN2CCC(n3cc(N4CCCC4=O)cn3)C2)c1=O. The fourth-order valence-electron chi connectivity index (χ4n) is 3.68. The van der Waals surface area contributed by atoms with Crippen LogP contribution in [0, 0.1) is 0 Å². The van der Waals surface area contributed by atoms with Crippen molar-refractivity contribution in [3.05, 3.63) is 40.6 Å². The van der Waals surface area contributed by atoms with E-state index in [2.05, 4.69) is 15.1 Å². The van der Waals surface area contributed by atoms with Crippen molar-refractivity contribution in [2.24, 2.45) is 7.05 Å². The van der Waals surface area contributed by atoms with Crippen molar-refractivity contribution in [3.63, 3.8) is 0 Å². The Morgan fingerprint density at radius 1 is 1.24 bits per heavy atom. The molecule has 0 spiro atoms. The van der Waals surface area contributed by atoms with Gasteiger partial charge < -0.3 is 4.90 Å². The van der Waals surface area contributed by atoms with Crippen LogP contribution in [0.25, 0.3) is 0 Å². The van der Waals surface area contributed by atoms with Crippen LogP contribution in [-0.4, -0.2) is 50.0 Å². The minimum Gasteiger partial charge on any atom is -0.309 e. The lowest BCUT2D eigenvalue weighted by Crippen LogP contribution is -2.29. The summed E-state index contributed by atoms with van der Waals surface area (Å²) in [5, 5.41) is 8.43. The van der Waals surface area contributed by atoms with Gasteiger partial charge in [0.2, 0.25) is 5.91 Å². The van der Waals surface area contributed by atoms with Crippen molar-refractivity contribution in [2.75, 3.05) is 24.5 Å². The lowest BCUT2D eigenvalue weighted by Gasteiger charge is -2.16. The first-order valence-corrected chi connectivity index (χ1v) is 8.70. The lowest BCUT2D eigenvalue weighted by atomic mass is 10.3. The molecule has 0 radical (unpaired) electrons. The van der Waals surface area contributed by atoms with Crippen LogP contribution in [0.15, 0.2) is 29.5 Å². The Hall–Kier alpha value is -2.48. The van der Waals surface area contributed by atoms with Crippen molar-refractivity contribution < 1.29 is 4.79 Å². The Bertz CT molecular complexity index is 842. The molecule has 1 amide bonds. The van der Waals surface area contributed by atoms with Gasteiger partial charge in [0.1, 0.15) is 0 Å². The van der Waals surface area contributed by atoms with Crippen LogP contribution >= 0.6 is 0 Å². The molecule has 0 aromatic carbocycles. The number of carbonyl (C=O) groups excluding carboxylic acids is 1. The van der Waals surface area contributed by atoms with Crippen LogP contribution in [0.3, 0.4) is 0 Å². The van der Waals surface area contributed by atoms with E-state index in [0.29, 0.717) is 13.0 Å². The van der Waals surface area contributed by atoms with E-state index >= 15 is 0 Å². The summed E-state index contributed by atoms with van der Waals surface area (Å²) in [7, 11) is 1.67. The van der Waals surface area contributed by atoms with E-state index in [0.717, 1.165) is 43.7 Å². The normalized spacial score (nSPS) is 21.4. The van der Waals surface area contributed by atoms with Gasteiger partial charge in [0.15, 0.2) is 0 Å². The van der Waals surface area contributed by atoms with Gasteiger partial charge in [-0.1, -0.05) is 0 Å². The Labute approximate surface area is 145 Å². The highest BCUT2D eigenvalue weighted by atomic mass is 16.2. The lowest BCUT2D eigenvalue weighted by molar-refractivity contribution is -0.117. The van der Waals surface area contributed by atoms with Crippen molar-refractivity contribution in [1.29, 1.82) is 0 Å². The van der Waals surface area contributed by atoms with Crippen LogP contribution < -0.4 is 10.5 Å². The average molecular weight is 342 g/mol. The summed E-state index contributed by atoms with van der Waals surface area (Å²) < 4.78 is 3.33. The predicted octanol–water partition coefficient (Wildman–Crippen LogP) is 0.551. The molecule has 8 nitrogen and oxygen atoms in total. The number of aromatic nitrogens is 4. The number of amides is 1. The number of hydrogen-bond acceptors (Lipinski definition) is 5.